The molecule has 114 valence electrons. The highest BCUT2D eigenvalue weighted by atomic mass is 16.4. The fourth-order valence-corrected chi connectivity index (χ4v) is 3.99. The van der Waals surface area contributed by atoms with E-state index in [9.17, 15) is 9.90 Å². The van der Waals surface area contributed by atoms with E-state index in [-0.39, 0.29) is 18.0 Å². The number of amides is 1. The van der Waals surface area contributed by atoms with Gasteiger partial charge in [0.05, 0.1) is 12.8 Å². The van der Waals surface area contributed by atoms with Crippen LogP contribution in [0.5, 0.6) is 0 Å². The molecule has 1 aromatic rings. The van der Waals surface area contributed by atoms with Gasteiger partial charge in [-0.25, -0.2) is 0 Å². The summed E-state index contributed by atoms with van der Waals surface area (Å²) in [5, 5.41) is 14.0. The van der Waals surface area contributed by atoms with E-state index in [0.717, 1.165) is 25.7 Å². The zero-order valence-electron chi connectivity index (χ0n) is 12.1. The molecule has 0 spiro atoms. The molecule has 1 aliphatic carbocycles. The minimum atomic E-state index is -0.862. The largest absolute Gasteiger partial charge is 0.466 e. The van der Waals surface area contributed by atoms with Gasteiger partial charge in [0.25, 0.3) is 0 Å². The van der Waals surface area contributed by atoms with E-state index in [0.29, 0.717) is 31.2 Å². The second-order valence-corrected chi connectivity index (χ2v) is 6.82. The van der Waals surface area contributed by atoms with Crippen molar-refractivity contribution in [3.8, 4) is 0 Å². The van der Waals surface area contributed by atoms with Crippen LogP contribution in [0.2, 0.25) is 0 Å². The SMILES string of the molecule is O=C(CN1C2CCC1CC(O)(c1ccco1)C2)NC1CC1. The standard InChI is InChI=1S/C16H22N2O3/c19-15(17-11-3-4-11)10-18-12-5-6-13(18)9-16(20,8-12)14-2-1-7-21-14/h1-2,7,11-13,20H,3-6,8-10H2,(H,17,19). The highest BCUT2D eigenvalue weighted by Crippen LogP contribution is 2.45. The summed E-state index contributed by atoms with van der Waals surface area (Å²) in [7, 11) is 0. The number of furan rings is 1. The van der Waals surface area contributed by atoms with Gasteiger partial charge in [-0.2, -0.15) is 0 Å². The smallest absolute Gasteiger partial charge is 0.234 e. The van der Waals surface area contributed by atoms with E-state index >= 15 is 0 Å². The molecule has 3 aliphatic rings. The van der Waals surface area contributed by atoms with Crippen LogP contribution in [0.4, 0.5) is 0 Å². The highest BCUT2D eigenvalue weighted by Gasteiger charge is 2.50. The van der Waals surface area contributed by atoms with E-state index in [1.54, 1.807) is 6.26 Å². The number of hydrogen-bond acceptors (Lipinski definition) is 4. The van der Waals surface area contributed by atoms with Crippen molar-refractivity contribution in [1.29, 1.82) is 0 Å². The molecular weight excluding hydrogens is 268 g/mol. The fourth-order valence-electron chi connectivity index (χ4n) is 3.99. The number of nitrogens with zero attached hydrogens (tertiary/aromatic N) is 1. The Morgan fingerprint density at radius 1 is 1.33 bits per heavy atom. The molecule has 2 N–H and O–H groups in total. The summed E-state index contributed by atoms with van der Waals surface area (Å²) in [6.07, 6.45) is 7.30. The zero-order chi connectivity index (χ0) is 14.4. The molecule has 5 heteroatoms. The summed E-state index contributed by atoms with van der Waals surface area (Å²) in [5.74, 6) is 0.805. The fraction of sp³-hybridized carbons (Fsp3) is 0.688. The molecule has 21 heavy (non-hydrogen) atoms. The van der Waals surface area contributed by atoms with Crippen molar-refractivity contribution in [3.05, 3.63) is 24.2 Å². The number of nitrogens with one attached hydrogen (secondary N) is 1. The molecule has 1 saturated carbocycles. The highest BCUT2D eigenvalue weighted by molar-refractivity contribution is 5.78. The van der Waals surface area contributed by atoms with Gasteiger partial charge < -0.3 is 14.8 Å². The number of rotatable bonds is 4. The van der Waals surface area contributed by atoms with Gasteiger partial charge in [0.15, 0.2) is 0 Å². The summed E-state index contributed by atoms with van der Waals surface area (Å²) in [6, 6.07) is 4.66. The average Bonchev–Trinajstić information content (AvgIpc) is 2.98. The minimum absolute atomic E-state index is 0.137. The second kappa shape index (κ2) is 4.85. The quantitative estimate of drug-likeness (QED) is 0.879. The van der Waals surface area contributed by atoms with Crippen LogP contribution in [0.1, 0.15) is 44.3 Å². The molecule has 4 rings (SSSR count). The van der Waals surface area contributed by atoms with Gasteiger partial charge in [-0.1, -0.05) is 0 Å². The maximum absolute atomic E-state index is 12.0. The Morgan fingerprint density at radius 3 is 2.62 bits per heavy atom. The number of carbonyl (C=O) groups is 1. The van der Waals surface area contributed by atoms with Crippen LogP contribution in [0.25, 0.3) is 0 Å². The van der Waals surface area contributed by atoms with E-state index in [1.165, 1.54) is 0 Å². The van der Waals surface area contributed by atoms with Gasteiger partial charge in [0.1, 0.15) is 11.4 Å². The Morgan fingerprint density at radius 2 is 2.05 bits per heavy atom. The van der Waals surface area contributed by atoms with Crippen LogP contribution in [0.15, 0.2) is 22.8 Å². The Hall–Kier alpha value is -1.33. The van der Waals surface area contributed by atoms with Crippen LogP contribution in [-0.4, -0.2) is 40.6 Å². The maximum Gasteiger partial charge on any atom is 0.234 e. The number of aliphatic hydroxyl groups is 1. The van der Waals surface area contributed by atoms with Gasteiger partial charge >= 0.3 is 0 Å². The first-order valence-corrected chi connectivity index (χ1v) is 7.95. The number of hydrogen-bond donors (Lipinski definition) is 2. The van der Waals surface area contributed by atoms with Crippen molar-refractivity contribution in [2.75, 3.05) is 6.54 Å². The Kier molecular flexibility index (Phi) is 3.08. The van der Waals surface area contributed by atoms with Crippen molar-refractivity contribution >= 4 is 5.91 Å². The van der Waals surface area contributed by atoms with E-state index in [2.05, 4.69) is 10.2 Å². The molecule has 2 saturated heterocycles. The van der Waals surface area contributed by atoms with Crippen LogP contribution < -0.4 is 5.32 Å². The molecule has 0 aromatic carbocycles. The van der Waals surface area contributed by atoms with Gasteiger partial charge in [0, 0.05) is 18.1 Å². The van der Waals surface area contributed by atoms with Gasteiger partial charge in [-0.3, -0.25) is 9.69 Å². The summed E-state index contributed by atoms with van der Waals surface area (Å²) in [4.78, 5) is 14.3. The molecular formula is C16H22N2O3. The van der Waals surface area contributed by atoms with Crippen LogP contribution >= 0.6 is 0 Å². The van der Waals surface area contributed by atoms with Gasteiger partial charge in [-0.15, -0.1) is 0 Å². The lowest BCUT2D eigenvalue weighted by Gasteiger charge is -2.42. The van der Waals surface area contributed by atoms with Crippen LogP contribution in [0, 0.1) is 0 Å². The van der Waals surface area contributed by atoms with Crippen molar-refractivity contribution in [2.45, 2.75) is 62.3 Å². The topological polar surface area (TPSA) is 65.7 Å². The first-order valence-electron chi connectivity index (χ1n) is 7.95. The maximum atomic E-state index is 12.0. The number of carbonyl (C=O) groups excluding carboxylic acids is 1. The Bertz CT molecular complexity index is 510. The third kappa shape index (κ3) is 2.49. The van der Waals surface area contributed by atoms with Crippen molar-refractivity contribution in [3.63, 3.8) is 0 Å². The predicted molar refractivity (Wildman–Crippen MR) is 76.5 cm³/mol. The molecule has 2 bridgehead atoms. The van der Waals surface area contributed by atoms with Crippen LogP contribution in [-0.2, 0) is 10.4 Å². The molecule has 5 nitrogen and oxygen atoms in total. The summed E-state index contributed by atoms with van der Waals surface area (Å²) < 4.78 is 5.43. The molecule has 2 unspecified atom stereocenters. The summed E-state index contributed by atoms with van der Waals surface area (Å²) in [6.45, 7) is 0.472. The lowest BCUT2D eigenvalue weighted by Crippen LogP contribution is -2.52. The Balaban J connectivity index is 1.44. The Labute approximate surface area is 124 Å². The minimum Gasteiger partial charge on any atom is -0.466 e. The van der Waals surface area contributed by atoms with E-state index in [4.69, 9.17) is 4.42 Å². The van der Waals surface area contributed by atoms with Gasteiger partial charge in [-0.05, 0) is 50.7 Å². The predicted octanol–water partition coefficient (Wildman–Crippen LogP) is 1.37. The van der Waals surface area contributed by atoms with E-state index < -0.39 is 5.60 Å². The number of piperidine rings is 1. The number of fused-ring (bicyclic) bond motifs is 2. The zero-order valence-corrected chi connectivity index (χ0v) is 12.1. The molecule has 0 radical (unpaired) electrons. The van der Waals surface area contributed by atoms with Crippen molar-refractivity contribution in [2.24, 2.45) is 0 Å². The monoisotopic (exact) mass is 290 g/mol. The molecule has 1 aromatic heterocycles. The first-order chi connectivity index (χ1) is 10.1. The average molecular weight is 290 g/mol. The lowest BCUT2D eigenvalue weighted by atomic mass is 9.84. The first kappa shape index (κ1) is 13.3. The normalized spacial score (nSPS) is 35.9. The third-order valence-electron chi connectivity index (χ3n) is 5.17. The molecule has 2 aliphatic heterocycles. The van der Waals surface area contributed by atoms with Crippen LogP contribution in [0.3, 0.4) is 0 Å². The molecule has 1 amide bonds. The van der Waals surface area contributed by atoms with Crippen molar-refractivity contribution in [1.82, 2.24) is 10.2 Å². The molecule has 2 atom stereocenters. The van der Waals surface area contributed by atoms with Gasteiger partial charge in [0.2, 0.25) is 5.91 Å². The molecule has 3 fully saturated rings. The summed E-state index contributed by atoms with van der Waals surface area (Å²) >= 11 is 0. The van der Waals surface area contributed by atoms with Crippen molar-refractivity contribution < 1.29 is 14.3 Å². The van der Waals surface area contributed by atoms with E-state index in [1.807, 2.05) is 12.1 Å². The second-order valence-electron chi connectivity index (χ2n) is 6.82. The molecule has 3 heterocycles. The lowest BCUT2D eigenvalue weighted by molar-refractivity contribution is -0.126. The third-order valence-corrected chi connectivity index (χ3v) is 5.17. The summed E-state index contributed by atoms with van der Waals surface area (Å²) in [5.41, 5.74) is -0.862.